The van der Waals surface area contributed by atoms with E-state index in [1.54, 1.807) is 24.3 Å². The van der Waals surface area contributed by atoms with Crippen LogP contribution in [0.2, 0.25) is 0 Å². The maximum absolute atomic E-state index is 12.7. The largest absolute Gasteiger partial charge is 0.415 e. The third-order valence-corrected chi connectivity index (χ3v) is 5.24. The monoisotopic (exact) mass is 416 g/mol. The van der Waals surface area contributed by atoms with E-state index < -0.39 is 12.1 Å². The van der Waals surface area contributed by atoms with Crippen molar-refractivity contribution in [1.29, 1.82) is 0 Å². The number of hydrogen-bond acceptors (Lipinski definition) is 3. The van der Waals surface area contributed by atoms with Crippen molar-refractivity contribution in [3.8, 4) is 5.75 Å². The minimum absolute atomic E-state index is 0.198. The lowest BCUT2D eigenvalue weighted by atomic mass is 10.1. The van der Waals surface area contributed by atoms with Gasteiger partial charge in [0.05, 0.1) is 5.69 Å². The molecule has 26 heavy (non-hydrogen) atoms. The number of nitrogens with one attached hydrogen (secondary N) is 1. The van der Waals surface area contributed by atoms with Crippen molar-refractivity contribution in [3.05, 3.63) is 58.1 Å². The molecule has 0 radical (unpaired) electrons. The SMILES string of the molecule is Cc1cc(Br)c(NC(=O)[C@@H]2CCCN2C(=O)Oc2ccccc2)cc1C. The summed E-state index contributed by atoms with van der Waals surface area (Å²) in [5, 5.41) is 2.93. The van der Waals surface area contributed by atoms with Gasteiger partial charge in [-0.3, -0.25) is 9.69 Å². The fourth-order valence-electron chi connectivity index (χ4n) is 3.00. The quantitative estimate of drug-likeness (QED) is 0.790. The first-order chi connectivity index (χ1) is 12.5. The Kier molecular flexibility index (Phi) is 5.61. The van der Waals surface area contributed by atoms with Crippen molar-refractivity contribution < 1.29 is 14.3 Å². The number of aryl methyl sites for hydroxylation is 2. The molecular weight excluding hydrogens is 396 g/mol. The van der Waals surface area contributed by atoms with Crippen molar-refractivity contribution in [2.45, 2.75) is 32.7 Å². The van der Waals surface area contributed by atoms with Crippen molar-refractivity contribution in [3.63, 3.8) is 0 Å². The van der Waals surface area contributed by atoms with Crippen LogP contribution in [0.1, 0.15) is 24.0 Å². The number of likely N-dealkylation sites (tertiary alicyclic amines) is 1. The molecule has 2 aromatic rings. The van der Waals surface area contributed by atoms with E-state index in [4.69, 9.17) is 4.74 Å². The molecule has 1 fully saturated rings. The van der Waals surface area contributed by atoms with Crippen LogP contribution in [0.5, 0.6) is 5.75 Å². The zero-order chi connectivity index (χ0) is 18.7. The summed E-state index contributed by atoms with van der Waals surface area (Å²) in [6.45, 7) is 4.53. The molecule has 1 saturated heterocycles. The van der Waals surface area contributed by atoms with Gasteiger partial charge >= 0.3 is 6.09 Å². The van der Waals surface area contributed by atoms with Gasteiger partial charge in [0.25, 0.3) is 0 Å². The van der Waals surface area contributed by atoms with Gasteiger partial charge in [0.2, 0.25) is 5.91 Å². The molecule has 0 unspecified atom stereocenters. The molecule has 0 aliphatic carbocycles. The molecule has 2 aromatic carbocycles. The molecule has 0 spiro atoms. The molecule has 1 aliphatic heterocycles. The number of ether oxygens (including phenoxy) is 1. The second kappa shape index (κ2) is 7.91. The average molecular weight is 417 g/mol. The van der Waals surface area contributed by atoms with Crippen molar-refractivity contribution >= 4 is 33.6 Å². The van der Waals surface area contributed by atoms with E-state index >= 15 is 0 Å². The Hall–Kier alpha value is -2.34. The second-order valence-corrected chi connectivity index (χ2v) is 7.29. The zero-order valence-corrected chi connectivity index (χ0v) is 16.4. The molecule has 0 bridgehead atoms. The molecule has 1 atom stereocenters. The van der Waals surface area contributed by atoms with Crippen LogP contribution < -0.4 is 10.1 Å². The summed E-state index contributed by atoms with van der Waals surface area (Å²) in [6.07, 6.45) is 0.904. The highest BCUT2D eigenvalue weighted by molar-refractivity contribution is 9.10. The maximum Gasteiger partial charge on any atom is 0.415 e. The Labute approximate surface area is 161 Å². The normalized spacial score (nSPS) is 16.4. The number of rotatable bonds is 3. The molecule has 1 N–H and O–H groups in total. The third kappa shape index (κ3) is 4.07. The summed E-state index contributed by atoms with van der Waals surface area (Å²) < 4.78 is 6.21. The molecule has 3 rings (SSSR count). The van der Waals surface area contributed by atoms with E-state index in [2.05, 4.69) is 21.2 Å². The van der Waals surface area contributed by atoms with Gasteiger partial charge in [-0.25, -0.2) is 4.79 Å². The van der Waals surface area contributed by atoms with Gasteiger partial charge in [-0.15, -0.1) is 0 Å². The van der Waals surface area contributed by atoms with Gasteiger partial charge < -0.3 is 10.1 Å². The van der Waals surface area contributed by atoms with Crippen LogP contribution in [0.3, 0.4) is 0 Å². The standard InChI is InChI=1S/C20H21BrN2O3/c1-13-11-16(21)17(12-14(13)2)22-19(24)18-9-6-10-23(18)20(25)26-15-7-4-3-5-8-15/h3-5,7-8,11-12,18H,6,9-10H2,1-2H3,(H,22,24)/t18-/m0/s1. The number of benzene rings is 2. The lowest BCUT2D eigenvalue weighted by Crippen LogP contribution is -2.44. The minimum Gasteiger partial charge on any atom is -0.410 e. The Bertz CT molecular complexity index is 823. The summed E-state index contributed by atoms with van der Waals surface area (Å²) in [6, 6.07) is 12.3. The number of carbonyl (C=O) groups excluding carboxylic acids is 2. The number of para-hydroxylation sites is 1. The molecule has 5 nitrogen and oxygen atoms in total. The van der Waals surface area contributed by atoms with Gasteiger partial charge in [0.15, 0.2) is 0 Å². The number of carbonyl (C=O) groups is 2. The van der Waals surface area contributed by atoms with Gasteiger partial charge in [-0.05, 0) is 78.0 Å². The molecule has 0 aromatic heterocycles. The number of hydrogen-bond donors (Lipinski definition) is 1. The van der Waals surface area contributed by atoms with Crippen LogP contribution in [0.25, 0.3) is 0 Å². The van der Waals surface area contributed by atoms with Gasteiger partial charge in [0, 0.05) is 11.0 Å². The lowest BCUT2D eigenvalue weighted by molar-refractivity contribution is -0.119. The van der Waals surface area contributed by atoms with Gasteiger partial charge in [0.1, 0.15) is 11.8 Å². The molecule has 6 heteroatoms. The molecule has 1 heterocycles. The van der Waals surface area contributed by atoms with Crippen molar-refractivity contribution in [1.82, 2.24) is 4.90 Å². The van der Waals surface area contributed by atoms with Crippen LogP contribution in [-0.2, 0) is 4.79 Å². The summed E-state index contributed by atoms with van der Waals surface area (Å²) in [5.74, 6) is 0.275. The van der Waals surface area contributed by atoms with E-state index in [9.17, 15) is 9.59 Å². The van der Waals surface area contributed by atoms with E-state index in [-0.39, 0.29) is 5.91 Å². The Morgan fingerprint density at radius 1 is 1.15 bits per heavy atom. The third-order valence-electron chi connectivity index (χ3n) is 4.58. The molecule has 0 saturated carbocycles. The predicted octanol–water partition coefficient (Wildman–Crippen LogP) is 4.67. The van der Waals surface area contributed by atoms with Crippen molar-refractivity contribution in [2.75, 3.05) is 11.9 Å². The molecular formula is C20H21BrN2O3. The Morgan fingerprint density at radius 3 is 2.58 bits per heavy atom. The number of nitrogens with zero attached hydrogens (tertiary/aromatic N) is 1. The van der Waals surface area contributed by atoms with Gasteiger partial charge in [-0.1, -0.05) is 18.2 Å². The van der Waals surface area contributed by atoms with Crippen LogP contribution in [-0.4, -0.2) is 29.5 Å². The fraction of sp³-hybridized carbons (Fsp3) is 0.300. The van der Waals surface area contributed by atoms with Crippen molar-refractivity contribution in [2.24, 2.45) is 0 Å². The first-order valence-corrected chi connectivity index (χ1v) is 9.36. The summed E-state index contributed by atoms with van der Waals surface area (Å²) in [4.78, 5) is 26.7. The van der Waals surface area contributed by atoms with Crippen LogP contribution in [0, 0.1) is 13.8 Å². The minimum atomic E-state index is -0.528. The highest BCUT2D eigenvalue weighted by Crippen LogP contribution is 2.28. The molecule has 2 amide bonds. The Morgan fingerprint density at radius 2 is 1.85 bits per heavy atom. The highest BCUT2D eigenvalue weighted by atomic mass is 79.9. The van der Waals surface area contributed by atoms with E-state index in [1.165, 1.54) is 4.90 Å². The number of amides is 2. The van der Waals surface area contributed by atoms with Gasteiger partial charge in [-0.2, -0.15) is 0 Å². The molecule has 1 aliphatic rings. The highest BCUT2D eigenvalue weighted by Gasteiger charge is 2.35. The van der Waals surface area contributed by atoms with E-state index in [1.807, 2.05) is 32.0 Å². The smallest absolute Gasteiger partial charge is 0.410 e. The first-order valence-electron chi connectivity index (χ1n) is 8.57. The zero-order valence-electron chi connectivity index (χ0n) is 14.8. The first kappa shape index (κ1) is 18.5. The Balaban J connectivity index is 1.70. The topological polar surface area (TPSA) is 58.6 Å². The van der Waals surface area contributed by atoms with Crippen LogP contribution in [0.4, 0.5) is 10.5 Å². The second-order valence-electron chi connectivity index (χ2n) is 6.44. The van der Waals surface area contributed by atoms with Crippen LogP contribution >= 0.6 is 15.9 Å². The number of halogens is 1. The maximum atomic E-state index is 12.7. The average Bonchev–Trinajstić information content (AvgIpc) is 3.10. The van der Waals surface area contributed by atoms with E-state index in [0.29, 0.717) is 24.4 Å². The summed E-state index contributed by atoms with van der Waals surface area (Å²) in [7, 11) is 0. The summed E-state index contributed by atoms with van der Waals surface area (Å²) >= 11 is 3.49. The molecule has 136 valence electrons. The summed E-state index contributed by atoms with van der Waals surface area (Å²) in [5.41, 5.74) is 2.94. The lowest BCUT2D eigenvalue weighted by Gasteiger charge is -2.23. The fourth-order valence-corrected chi connectivity index (χ4v) is 3.56. The van der Waals surface area contributed by atoms with E-state index in [0.717, 1.165) is 22.0 Å². The van der Waals surface area contributed by atoms with Crippen LogP contribution in [0.15, 0.2) is 46.9 Å². The predicted molar refractivity (Wildman–Crippen MR) is 104 cm³/mol. The number of anilines is 1.